The molecule has 3 rings (SSSR count). The zero-order valence-electron chi connectivity index (χ0n) is 40.4. The Morgan fingerprint density at radius 3 is 1.83 bits per heavy atom. The number of benzene rings is 2. The van der Waals surface area contributed by atoms with Gasteiger partial charge in [0.25, 0.3) is 0 Å². The number of allylic oxidation sites excluding steroid dienone is 2. The van der Waals surface area contributed by atoms with Gasteiger partial charge >= 0.3 is 0 Å². The first kappa shape index (κ1) is 60.1. The normalized spacial score (nSPS) is 13.9. The molecule has 0 spiro atoms. The fourth-order valence-corrected chi connectivity index (χ4v) is 6.89. The highest BCUT2D eigenvalue weighted by Crippen LogP contribution is 2.28. The number of hydrogen-bond acceptors (Lipinski definition) is 6. The maximum absolute atomic E-state index is 12.7. The van der Waals surface area contributed by atoms with E-state index in [1.807, 2.05) is 72.1 Å². The van der Waals surface area contributed by atoms with Crippen LogP contribution in [0.15, 0.2) is 123 Å². The Morgan fingerprint density at radius 2 is 1.37 bits per heavy atom. The van der Waals surface area contributed by atoms with E-state index >= 15 is 0 Å². The van der Waals surface area contributed by atoms with Crippen molar-refractivity contribution in [1.29, 1.82) is 0 Å². The molecule has 7 N–H and O–H groups in total. The quantitative estimate of drug-likeness (QED) is 0.0492. The van der Waals surface area contributed by atoms with Crippen LogP contribution in [0, 0.1) is 17.8 Å². The molecule has 0 heterocycles. The molecular formula is C53H94N6O. The van der Waals surface area contributed by atoms with E-state index in [1.165, 1.54) is 56.7 Å². The Kier molecular flexibility index (Phi) is 42.9. The van der Waals surface area contributed by atoms with Crippen LogP contribution in [0.1, 0.15) is 156 Å². The van der Waals surface area contributed by atoms with Crippen molar-refractivity contribution >= 4 is 5.91 Å². The molecule has 5 atom stereocenters. The predicted octanol–water partition coefficient (Wildman–Crippen LogP) is 12.9. The molecule has 5 unspecified atom stereocenters. The summed E-state index contributed by atoms with van der Waals surface area (Å²) in [6.07, 6.45) is 20.8. The molecule has 2 aromatic rings. The molecule has 1 saturated carbocycles. The molecule has 0 aromatic heterocycles. The standard InChI is InChI=1S/C31H47N3O.C13H23N.C3H7N.C2H5N.2C2H6/c1-6-14-29(21-22-30(35)34-31(32-5)28-17-12-9-13-18-28)33-25(4)24(3)23-26(7-2)19-20-27-15-10-8-11-16-27;1-4-11(3)14-13(5-2)12-9-7-6-8-10-12;1-3-4-2;1-2-3;2*1-2/h8-13,15-18,24,26,29,31-33H,4,6-7,14,19-23H2,1-3,5H3,(H,34,35);5,12-14H,2-4,6-10H2,1H3;3-4H,1H2,2H3;2H,1,3H2;2*1-2H3. The van der Waals surface area contributed by atoms with Crippen molar-refractivity contribution in [2.24, 2.45) is 23.5 Å². The second kappa shape index (κ2) is 42.9. The van der Waals surface area contributed by atoms with Crippen LogP contribution in [0.3, 0.4) is 0 Å². The van der Waals surface area contributed by atoms with Crippen LogP contribution in [-0.2, 0) is 11.2 Å². The first-order valence-electron chi connectivity index (χ1n) is 23.3. The van der Waals surface area contributed by atoms with Gasteiger partial charge in [-0.1, -0.05) is 181 Å². The molecule has 0 aliphatic heterocycles. The molecule has 7 heteroatoms. The van der Waals surface area contributed by atoms with Gasteiger partial charge in [0.05, 0.1) is 0 Å². The summed E-state index contributed by atoms with van der Waals surface area (Å²) in [7, 11) is 3.68. The van der Waals surface area contributed by atoms with Gasteiger partial charge in [0.2, 0.25) is 5.91 Å². The van der Waals surface area contributed by atoms with Crippen LogP contribution >= 0.6 is 0 Å². The molecule has 342 valence electrons. The molecule has 1 fully saturated rings. The Bertz CT molecular complexity index is 1310. The second-order valence-corrected chi connectivity index (χ2v) is 14.8. The van der Waals surface area contributed by atoms with E-state index in [4.69, 9.17) is 0 Å². The maximum atomic E-state index is 12.7. The van der Waals surface area contributed by atoms with Gasteiger partial charge in [-0.15, -0.1) is 6.58 Å². The molecule has 1 aliphatic carbocycles. The minimum Gasteiger partial charge on any atom is -0.405 e. The summed E-state index contributed by atoms with van der Waals surface area (Å²) < 4.78 is 0. The van der Waals surface area contributed by atoms with Crippen LogP contribution in [0.25, 0.3) is 0 Å². The minimum absolute atomic E-state index is 0.0710. The summed E-state index contributed by atoms with van der Waals surface area (Å²) in [5.41, 5.74) is 9.34. The molecule has 1 aliphatic rings. The average Bonchev–Trinajstić information content (AvgIpc) is 3.30. The lowest BCUT2D eigenvalue weighted by atomic mass is 9.84. The van der Waals surface area contributed by atoms with Crippen molar-refractivity contribution in [3.63, 3.8) is 0 Å². The highest BCUT2D eigenvalue weighted by Gasteiger charge is 2.21. The smallest absolute Gasteiger partial charge is 0.221 e. The summed E-state index contributed by atoms with van der Waals surface area (Å²) in [4.78, 5) is 12.7. The van der Waals surface area contributed by atoms with Crippen molar-refractivity contribution in [3.8, 4) is 0 Å². The lowest BCUT2D eigenvalue weighted by Gasteiger charge is -2.30. The van der Waals surface area contributed by atoms with Gasteiger partial charge in [-0.25, -0.2) is 0 Å². The first-order valence-corrected chi connectivity index (χ1v) is 23.3. The number of carbonyl (C=O) groups is 1. The third-order valence-corrected chi connectivity index (χ3v) is 10.4. The van der Waals surface area contributed by atoms with E-state index in [-0.39, 0.29) is 18.1 Å². The van der Waals surface area contributed by atoms with Crippen molar-refractivity contribution in [1.82, 2.24) is 26.6 Å². The topological polar surface area (TPSA) is 103 Å². The van der Waals surface area contributed by atoms with Gasteiger partial charge in [0.15, 0.2) is 0 Å². The molecule has 0 radical (unpaired) electrons. The zero-order chi connectivity index (χ0) is 46.0. The van der Waals surface area contributed by atoms with Gasteiger partial charge in [-0.3, -0.25) is 10.1 Å². The van der Waals surface area contributed by atoms with Crippen LogP contribution in [0.2, 0.25) is 0 Å². The predicted molar refractivity (Wildman–Crippen MR) is 268 cm³/mol. The third-order valence-electron chi connectivity index (χ3n) is 10.4. The van der Waals surface area contributed by atoms with Gasteiger partial charge in [0.1, 0.15) is 6.17 Å². The van der Waals surface area contributed by atoms with E-state index in [9.17, 15) is 4.79 Å². The number of hydrogen-bond donors (Lipinski definition) is 6. The highest BCUT2D eigenvalue weighted by atomic mass is 16.1. The van der Waals surface area contributed by atoms with E-state index in [0.29, 0.717) is 24.3 Å². The van der Waals surface area contributed by atoms with Crippen molar-refractivity contribution in [2.45, 2.75) is 164 Å². The van der Waals surface area contributed by atoms with E-state index in [1.54, 1.807) is 6.20 Å². The lowest BCUT2D eigenvalue weighted by Crippen LogP contribution is -2.37. The second-order valence-electron chi connectivity index (χ2n) is 14.8. The van der Waals surface area contributed by atoms with Gasteiger partial charge in [0, 0.05) is 36.9 Å². The summed E-state index contributed by atoms with van der Waals surface area (Å²) in [5, 5.41) is 16.2. The van der Waals surface area contributed by atoms with Crippen molar-refractivity contribution in [2.75, 3.05) is 14.1 Å². The molecule has 2 aromatic carbocycles. The number of amides is 1. The molecular weight excluding hydrogens is 737 g/mol. The van der Waals surface area contributed by atoms with E-state index in [0.717, 1.165) is 61.4 Å². The Hall–Kier alpha value is -4.23. The van der Waals surface area contributed by atoms with Crippen molar-refractivity contribution < 1.29 is 4.79 Å². The SMILES string of the molecule is C=C(NC(CCC)CCC(=O)NC(NC)c1ccccc1)C(C)CC(CC)CCc1ccccc1.C=CC(NC(=C)CC)C1CCCCC1.C=CN.C=CNC.CC.CC. The van der Waals surface area contributed by atoms with E-state index < -0.39 is 0 Å². The minimum atomic E-state index is -0.168. The molecule has 0 bridgehead atoms. The monoisotopic (exact) mass is 831 g/mol. The Morgan fingerprint density at radius 1 is 0.817 bits per heavy atom. The molecule has 60 heavy (non-hydrogen) atoms. The average molecular weight is 831 g/mol. The highest BCUT2D eigenvalue weighted by molar-refractivity contribution is 5.76. The van der Waals surface area contributed by atoms with Crippen LogP contribution in [-0.4, -0.2) is 32.1 Å². The summed E-state index contributed by atoms with van der Waals surface area (Å²) in [6.45, 7) is 35.7. The van der Waals surface area contributed by atoms with Crippen molar-refractivity contribution in [3.05, 3.63) is 135 Å². The molecule has 7 nitrogen and oxygen atoms in total. The number of nitrogens with two attached hydrogens (primary N) is 1. The number of rotatable bonds is 23. The van der Waals surface area contributed by atoms with Gasteiger partial charge in [-0.2, -0.15) is 0 Å². The van der Waals surface area contributed by atoms with Gasteiger partial charge in [-0.05, 0) is 99.7 Å². The lowest BCUT2D eigenvalue weighted by molar-refractivity contribution is -0.122. The molecule has 0 saturated heterocycles. The first-order chi connectivity index (χ1) is 29.1. The molecule has 1 amide bonds. The summed E-state index contributed by atoms with van der Waals surface area (Å²) in [6, 6.07) is 21.5. The summed E-state index contributed by atoms with van der Waals surface area (Å²) in [5.74, 6) is 1.96. The summed E-state index contributed by atoms with van der Waals surface area (Å²) >= 11 is 0. The Balaban J connectivity index is -0.00000106. The van der Waals surface area contributed by atoms with E-state index in [2.05, 4.69) is 129 Å². The van der Waals surface area contributed by atoms with Crippen LogP contribution in [0.5, 0.6) is 0 Å². The fraction of sp³-hybridized carbons (Fsp3) is 0.566. The third kappa shape index (κ3) is 30.8. The van der Waals surface area contributed by atoms with Crippen LogP contribution < -0.4 is 32.3 Å². The number of aryl methyl sites for hydroxylation is 1. The fourth-order valence-electron chi connectivity index (χ4n) is 6.89. The number of nitrogens with one attached hydrogen (secondary N) is 5. The van der Waals surface area contributed by atoms with Crippen LogP contribution in [0.4, 0.5) is 0 Å². The number of carbonyl (C=O) groups excluding carboxylic acids is 1. The maximum Gasteiger partial charge on any atom is 0.221 e. The van der Waals surface area contributed by atoms with Gasteiger partial charge < -0.3 is 27.0 Å². The zero-order valence-corrected chi connectivity index (χ0v) is 40.4. The largest absolute Gasteiger partial charge is 0.405 e. The Labute approximate surface area is 371 Å².